The largest absolute Gasteiger partial charge is 0.245 e. The van der Waals surface area contributed by atoms with E-state index >= 15 is 0 Å². The van der Waals surface area contributed by atoms with Gasteiger partial charge in [-0.2, -0.15) is 0 Å². The van der Waals surface area contributed by atoms with Crippen LogP contribution in [0.25, 0.3) is 0 Å². The number of rotatable bonds is 5. The third-order valence-electron chi connectivity index (χ3n) is 3.77. The zero-order chi connectivity index (χ0) is 14.2. The average molecular weight is 307 g/mol. The summed E-state index contributed by atoms with van der Waals surface area (Å²) in [6, 6.07) is 10.5. The summed E-state index contributed by atoms with van der Waals surface area (Å²) >= 11 is 1.66. The summed E-state index contributed by atoms with van der Waals surface area (Å²) < 4.78 is 22.4. The number of benzene rings is 1. The monoisotopic (exact) mass is 307 g/mol. The van der Waals surface area contributed by atoms with Gasteiger partial charge in [-0.15, -0.1) is 11.3 Å². The Morgan fingerprint density at radius 3 is 2.55 bits per heavy atom. The molecule has 1 saturated carbocycles. The predicted molar refractivity (Wildman–Crippen MR) is 82.0 cm³/mol. The molecule has 1 aliphatic carbocycles. The third kappa shape index (κ3) is 2.79. The second-order valence-electron chi connectivity index (χ2n) is 5.47. The second kappa shape index (κ2) is 4.97. The summed E-state index contributed by atoms with van der Waals surface area (Å²) in [6.45, 7) is 0. The molecule has 0 atom stereocenters. The Bertz CT molecular complexity index is 700. The van der Waals surface area contributed by atoms with Crippen LogP contribution in [-0.2, 0) is 21.7 Å². The number of thiazole rings is 1. The molecule has 1 aromatic heterocycles. The maximum Gasteiger partial charge on any atom is 0.147 e. The van der Waals surface area contributed by atoms with Crippen LogP contribution < -0.4 is 0 Å². The molecule has 1 aromatic carbocycles. The van der Waals surface area contributed by atoms with Crippen LogP contribution in [0.5, 0.6) is 0 Å². The van der Waals surface area contributed by atoms with Crippen LogP contribution in [0, 0.1) is 0 Å². The van der Waals surface area contributed by atoms with Crippen molar-refractivity contribution in [2.75, 3.05) is 12.0 Å². The van der Waals surface area contributed by atoms with Crippen LogP contribution in [0.3, 0.4) is 0 Å². The van der Waals surface area contributed by atoms with Gasteiger partial charge in [-0.25, -0.2) is 13.4 Å². The van der Waals surface area contributed by atoms with E-state index in [0.29, 0.717) is 6.42 Å². The number of sulfone groups is 1. The van der Waals surface area contributed by atoms with Crippen molar-refractivity contribution >= 4 is 21.2 Å². The molecule has 0 amide bonds. The van der Waals surface area contributed by atoms with Gasteiger partial charge in [0.15, 0.2) is 0 Å². The van der Waals surface area contributed by atoms with Gasteiger partial charge in [-0.3, -0.25) is 0 Å². The van der Waals surface area contributed by atoms with E-state index in [1.54, 1.807) is 11.3 Å². The Balaban J connectivity index is 1.81. The Morgan fingerprint density at radius 2 is 1.95 bits per heavy atom. The van der Waals surface area contributed by atoms with Gasteiger partial charge in [-0.05, 0) is 18.4 Å². The molecule has 0 N–H and O–H groups in total. The lowest BCUT2D eigenvalue weighted by Crippen LogP contribution is -2.09. The number of aryl methyl sites for hydroxylation is 1. The molecule has 0 aliphatic heterocycles. The summed E-state index contributed by atoms with van der Waals surface area (Å²) in [5, 5.41) is 3.14. The highest BCUT2D eigenvalue weighted by atomic mass is 32.2. The lowest BCUT2D eigenvalue weighted by Gasteiger charge is -2.12. The van der Waals surface area contributed by atoms with E-state index < -0.39 is 9.84 Å². The lowest BCUT2D eigenvalue weighted by atomic mass is 9.97. The summed E-state index contributed by atoms with van der Waals surface area (Å²) in [4.78, 5) is 4.68. The minimum atomic E-state index is -2.92. The molecule has 1 aliphatic rings. The Morgan fingerprint density at radius 1 is 1.25 bits per heavy atom. The van der Waals surface area contributed by atoms with Crippen molar-refractivity contribution in [3.8, 4) is 0 Å². The van der Waals surface area contributed by atoms with Gasteiger partial charge in [0.25, 0.3) is 0 Å². The molecule has 3 nitrogen and oxygen atoms in total. The summed E-state index contributed by atoms with van der Waals surface area (Å²) in [5.41, 5.74) is 2.32. The summed E-state index contributed by atoms with van der Waals surface area (Å²) in [6.07, 6.45) is 4.05. The maximum atomic E-state index is 11.2. The molecule has 20 heavy (non-hydrogen) atoms. The predicted octanol–water partition coefficient (Wildman–Crippen LogP) is 2.81. The molecule has 0 saturated heterocycles. The number of aromatic nitrogens is 1. The highest BCUT2D eigenvalue weighted by Crippen LogP contribution is 2.54. The Labute approximate surface area is 123 Å². The molecule has 2 aromatic rings. The quantitative estimate of drug-likeness (QED) is 0.853. The van der Waals surface area contributed by atoms with Crippen LogP contribution >= 0.6 is 11.3 Å². The number of nitrogens with zero attached hydrogens (tertiary/aromatic N) is 1. The SMILES string of the molecule is CS(=O)(=O)CCc1csc(C2(c3ccccc3)CC2)n1. The highest BCUT2D eigenvalue weighted by Gasteiger charge is 2.48. The standard InChI is InChI=1S/C15H17NO2S2/c1-20(17,18)10-7-13-11-19-14(16-13)15(8-9-15)12-5-3-2-4-6-12/h2-6,11H,7-10H2,1H3. The van der Waals surface area contributed by atoms with Crippen molar-refractivity contribution in [2.24, 2.45) is 0 Å². The minimum Gasteiger partial charge on any atom is -0.245 e. The minimum absolute atomic E-state index is 0.0925. The van der Waals surface area contributed by atoms with Crippen molar-refractivity contribution in [1.82, 2.24) is 4.98 Å². The topological polar surface area (TPSA) is 47.0 Å². The fourth-order valence-electron chi connectivity index (χ4n) is 2.44. The van der Waals surface area contributed by atoms with Crippen molar-refractivity contribution in [2.45, 2.75) is 24.7 Å². The third-order valence-corrected chi connectivity index (χ3v) is 5.81. The number of hydrogen-bond acceptors (Lipinski definition) is 4. The molecule has 1 fully saturated rings. The van der Waals surface area contributed by atoms with Crippen LogP contribution in [-0.4, -0.2) is 25.4 Å². The first-order valence-corrected chi connectivity index (χ1v) is 9.62. The Kier molecular flexibility index (Phi) is 3.42. The number of hydrogen-bond donors (Lipinski definition) is 0. The van der Waals surface area contributed by atoms with E-state index in [-0.39, 0.29) is 11.2 Å². The first kappa shape index (κ1) is 13.8. The molecular formula is C15H17NO2S2. The van der Waals surface area contributed by atoms with E-state index in [1.807, 2.05) is 11.4 Å². The van der Waals surface area contributed by atoms with Gasteiger partial charge in [-0.1, -0.05) is 30.3 Å². The van der Waals surface area contributed by atoms with Crippen molar-refractivity contribution < 1.29 is 8.42 Å². The van der Waals surface area contributed by atoms with E-state index in [9.17, 15) is 8.42 Å². The van der Waals surface area contributed by atoms with Gasteiger partial charge in [0, 0.05) is 23.5 Å². The molecule has 0 spiro atoms. The van der Waals surface area contributed by atoms with E-state index in [0.717, 1.165) is 23.5 Å². The van der Waals surface area contributed by atoms with Crippen molar-refractivity contribution in [3.63, 3.8) is 0 Å². The van der Waals surface area contributed by atoms with Crippen LogP contribution in [0.15, 0.2) is 35.7 Å². The van der Waals surface area contributed by atoms with Crippen LogP contribution in [0.2, 0.25) is 0 Å². The second-order valence-corrected chi connectivity index (χ2v) is 8.59. The van der Waals surface area contributed by atoms with Gasteiger partial charge >= 0.3 is 0 Å². The van der Waals surface area contributed by atoms with E-state index in [1.165, 1.54) is 11.8 Å². The molecule has 0 bridgehead atoms. The van der Waals surface area contributed by atoms with Gasteiger partial charge in [0.05, 0.1) is 11.4 Å². The molecule has 0 unspecified atom stereocenters. The summed E-state index contributed by atoms with van der Waals surface area (Å²) in [5.74, 6) is 0.175. The van der Waals surface area contributed by atoms with Crippen LogP contribution in [0.1, 0.15) is 29.1 Å². The lowest BCUT2D eigenvalue weighted by molar-refractivity contribution is 0.601. The van der Waals surface area contributed by atoms with Gasteiger partial charge < -0.3 is 0 Å². The molecule has 0 radical (unpaired) electrons. The zero-order valence-electron chi connectivity index (χ0n) is 11.4. The first-order chi connectivity index (χ1) is 9.50. The molecule has 106 valence electrons. The average Bonchev–Trinajstić information content (AvgIpc) is 3.09. The molecule has 1 heterocycles. The smallest absolute Gasteiger partial charge is 0.147 e. The normalized spacial score (nSPS) is 17.1. The maximum absolute atomic E-state index is 11.2. The fourth-order valence-corrected chi connectivity index (χ4v) is 4.16. The highest BCUT2D eigenvalue weighted by molar-refractivity contribution is 7.90. The summed E-state index contributed by atoms with van der Waals surface area (Å²) in [7, 11) is -2.92. The first-order valence-electron chi connectivity index (χ1n) is 6.68. The fraction of sp³-hybridized carbons (Fsp3) is 0.400. The van der Waals surface area contributed by atoms with Gasteiger partial charge in [0.1, 0.15) is 14.8 Å². The van der Waals surface area contributed by atoms with Crippen molar-refractivity contribution in [3.05, 3.63) is 52.0 Å². The molecular weight excluding hydrogens is 290 g/mol. The molecule has 3 rings (SSSR count). The zero-order valence-corrected chi connectivity index (χ0v) is 13.0. The van der Waals surface area contributed by atoms with Crippen LogP contribution in [0.4, 0.5) is 0 Å². The van der Waals surface area contributed by atoms with E-state index in [2.05, 4.69) is 29.2 Å². The molecule has 5 heteroatoms. The van der Waals surface area contributed by atoms with Crippen molar-refractivity contribution in [1.29, 1.82) is 0 Å². The Hall–Kier alpha value is -1.20. The van der Waals surface area contributed by atoms with E-state index in [4.69, 9.17) is 0 Å². The van der Waals surface area contributed by atoms with Gasteiger partial charge in [0.2, 0.25) is 0 Å².